The number of nitrogens with zero attached hydrogens (tertiary/aromatic N) is 1. The normalized spacial score (nSPS) is 13.9. The van der Waals surface area contributed by atoms with Crippen molar-refractivity contribution in [3.8, 4) is 0 Å². The van der Waals surface area contributed by atoms with Crippen LogP contribution in [0.1, 0.15) is 35.2 Å². The smallest absolute Gasteiger partial charge is 0.251 e. The molecule has 6 nitrogen and oxygen atoms in total. The van der Waals surface area contributed by atoms with E-state index in [1.807, 2.05) is 0 Å². The lowest BCUT2D eigenvalue weighted by atomic mass is 10.1. The van der Waals surface area contributed by atoms with Gasteiger partial charge in [0.05, 0.1) is 6.54 Å². The van der Waals surface area contributed by atoms with Crippen LogP contribution in [0.25, 0.3) is 0 Å². The van der Waals surface area contributed by atoms with E-state index >= 15 is 0 Å². The summed E-state index contributed by atoms with van der Waals surface area (Å²) in [5, 5.41) is 5.39. The predicted octanol–water partition coefficient (Wildman–Crippen LogP) is 2.71. The molecule has 0 saturated carbocycles. The zero-order valence-electron chi connectivity index (χ0n) is 15.4. The highest BCUT2D eigenvalue weighted by Crippen LogP contribution is 2.13. The molecule has 0 radical (unpaired) electrons. The summed E-state index contributed by atoms with van der Waals surface area (Å²) >= 11 is 0. The van der Waals surface area contributed by atoms with Gasteiger partial charge in [0.25, 0.3) is 5.91 Å². The summed E-state index contributed by atoms with van der Waals surface area (Å²) in [6.45, 7) is 0.727. The minimum absolute atomic E-state index is 0.00303. The Bertz CT molecular complexity index is 867. The zero-order chi connectivity index (χ0) is 19.9. The average molecular weight is 383 g/mol. The third-order valence-electron chi connectivity index (χ3n) is 4.58. The summed E-state index contributed by atoms with van der Waals surface area (Å²) in [5.41, 5.74) is 1.35. The van der Waals surface area contributed by atoms with Crippen LogP contribution in [0.15, 0.2) is 48.5 Å². The summed E-state index contributed by atoms with van der Waals surface area (Å²) in [7, 11) is 0. The van der Waals surface area contributed by atoms with E-state index in [4.69, 9.17) is 0 Å². The number of benzene rings is 2. The van der Waals surface area contributed by atoms with Crippen LogP contribution in [0.2, 0.25) is 0 Å². The van der Waals surface area contributed by atoms with Gasteiger partial charge in [-0.1, -0.05) is 18.2 Å². The highest BCUT2D eigenvalue weighted by molar-refractivity contribution is 5.97. The summed E-state index contributed by atoms with van der Waals surface area (Å²) in [6, 6.07) is 12.7. The molecule has 0 aromatic heterocycles. The highest BCUT2D eigenvalue weighted by atomic mass is 19.1. The van der Waals surface area contributed by atoms with Crippen molar-refractivity contribution in [1.82, 2.24) is 10.2 Å². The molecule has 1 aliphatic heterocycles. The maximum atomic E-state index is 13.6. The van der Waals surface area contributed by atoms with Gasteiger partial charge in [-0.2, -0.15) is 0 Å². The van der Waals surface area contributed by atoms with Crippen molar-refractivity contribution in [3.05, 3.63) is 65.5 Å². The Labute approximate surface area is 162 Å². The lowest BCUT2D eigenvalue weighted by molar-refractivity contribution is -0.136. The SMILES string of the molecule is O=C(CN1CCCCC1=O)Nc1ccc(C(=O)NCc2ccccc2F)cc1. The van der Waals surface area contributed by atoms with Crippen LogP contribution in [0, 0.1) is 5.82 Å². The van der Waals surface area contributed by atoms with E-state index in [-0.39, 0.29) is 36.6 Å². The molecule has 2 aromatic carbocycles. The molecule has 2 N–H and O–H groups in total. The molecular formula is C21H22FN3O3. The Kier molecular flexibility index (Phi) is 6.37. The first-order chi connectivity index (χ1) is 13.5. The van der Waals surface area contributed by atoms with E-state index in [0.717, 1.165) is 12.8 Å². The van der Waals surface area contributed by atoms with Crippen LogP contribution in [-0.4, -0.2) is 35.7 Å². The van der Waals surface area contributed by atoms with Crippen molar-refractivity contribution < 1.29 is 18.8 Å². The largest absolute Gasteiger partial charge is 0.348 e. The predicted molar refractivity (Wildman–Crippen MR) is 103 cm³/mol. The second-order valence-electron chi connectivity index (χ2n) is 6.67. The molecule has 0 atom stereocenters. The Morgan fingerprint density at radius 3 is 2.50 bits per heavy atom. The summed E-state index contributed by atoms with van der Waals surface area (Å²) in [6.07, 6.45) is 2.27. The minimum Gasteiger partial charge on any atom is -0.348 e. The molecule has 7 heteroatoms. The van der Waals surface area contributed by atoms with Crippen molar-refractivity contribution >= 4 is 23.4 Å². The van der Waals surface area contributed by atoms with Crippen LogP contribution in [0.5, 0.6) is 0 Å². The number of carbonyl (C=O) groups is 3. The standard InChI is InChI=1S/C21H22FN3O3/c22-18-6-2-1-5-16(18)13-23-21(28)15-8-10-17(11-9-15)24-19(26)14-25-12-4-3-7-20(25)27/h1-2,5-6,8-11H,3-4,7,12-14H2,(H,23,28)(H,24,26). The van der Waals surface area contributed by atoms with Gasteiger partial charge in [0.15, 0.2) is 0 Å². The lowest BCUT2D eigenvalue weighted by Crippen LogP contribution is -2.40. The second kappa shape index (κ2) is 9.12. The lowest BCUT2D eigenvalue weighted by Gasteiger charge is -2.25. The van der Waals surface area contributed by atoms with Crippen LogP contribution in [0.3, 0.4) is 0 Å². The minimum atomic E-state index is -0.368. The third kappa shape index (κ3) is 5.16. The third-order valence-corrected chi connectivity index (χ3v) is 4.58. The Hall–Kier alpha value is -3.22. The van der Waals surface area contributed by atoms with Crippen molar-refractivity contribution in [2.75, 3.05) is 18.4 Å². The van der Waals surface area contributed by atoms with Crippen molar-refractivity contribution in [1.29, 1.82) is 0 Å². The quantitative estimate of drug-likeness (QED) is 0.805. The van der Waals surface area contributed by atoms with Gasteiger partial charge >= 0.3 is 0 Å². The molecule has 1 saturated heterocycles. The molecule has 0 spiro atoms. The van der Waals surface area contributed by atoms with Gasteiger partial charge in [0.2, 0.25) is 11.8 Å². The molecule has 0 aliphatic carbocycles. The maximum Gasteiger partial charge on any atom is 0.251 e. The molecule has 1 aliphatic rings. The highest BCUT2D eigenvalue weighted by Gasteiger charge is 2.20. The zero-order valence-corrected chi connectivity index (χ0v) is 15.4. The number of hydrogen-bond donors (Lipinski definition) is 2. The fourth-order valence-electron chi connectivity index (χ4n) is 3.03. The number of halogens is 1. The summed E-state index contributed by atoms with van der Waals surface area (Å²) < 4.78 is 13.6. The molecule has 146 valence electrons. The van der Waals surface area contributed by atoms with Gasteiger partial charge in [-0.3, -0.25) is 14.4 Å². The van der Waals surface area contributed by atoms with Crippen molar-refractivity contribution in [3.63, 3.8) is 0 Å². The number of likely N-dealkylation sites (tertiary alicyclic amines) is 1. The van der Waals surface area contributed by atoms with Crippen LogP contribution in [-0.2, 0) is 16.1 Å². The number of rotatable bonds is 6. The second-order valence-corrected chi connectivity index (χ2v) is 6.67. The van der Waals surface area contributed by atoms with E-state index in [1.54, 1.807) is 47.4 Å². The van der Waals surface area contributed by atoms with Crippen LogP contribution >= 0.6 is 0 Å². The number of anilines is 1. The topological polar surface area (TPSA) is 78.5 Å². The Morgan fingerprint density at radius 2 is 1.79 bits per heavy atom. The molecule has 3 amide bonds. The monoisotopic (exact) mass is 383 g/mol. The molecule has 2 aromatic rings. The van der Waals surface area contributed by atoms with Crippen LogP contribution in [0.4, 0.5) is 10.1 Å². The molecule has 1 heterocycles. The van der Waals surface area contributed by atoms with E-state index in [0.29, 0.717) is 29.8 Å². The molecule has 3 rings (SSSR count). The molecule has 0 unspecified atom stereocenters. The van der Waals surface area contributed by atoms with Gasteiger partial charge in [-0.25, -0.2) is 4.39 Å². The van der Waals surface area contributed by atoms with Crippen molar-refractivity contribution in [2.45, 2.75) is 25.8 Å². The van der Waals surface area contributed by atoms with Gasteiger partial charge in [0.1, 0.15) is 5.82 Å². The molecular weight excluding hydrogens is 361 g/mol. The van der Waals surface area contributed by atoms with Gasteiger partial charge < -0.3 is 15.5 Å². The Balaban J connectivity index is 1.51. The number of nitrogens with one attached hydrogen (secondary N) is 2. The molecule has 0 bridgehead atoms. The first kappa shape index (κ1) is 19.5. The van der Waals surface area contributed by atoms with Crippen molar-refractivity contribution in [2.24, 2.45) is 0 Å². The van der Waals surface area contributed by atoms with Gasteiger partial charge in [-0.05, 0) is 43.2 Å². The first-order valence-electron chi connectivity index (χ1n) is 9.22. The van der Waals surface area contributed by atoms with Crippen LogP contribution < -0.4 is 10.6 Å². The maximum absolute atomic E-state index is 13.6. The molecule has 28 heavy (non-hydrogen) atoms. The van der Waals surface area contributed by atoms with E-state index < -0.39 is 0 Å². The van der Waals surface area contributed by atoms with Gasteiger partial charge in [-0.15, -0.1) is 0 Å². The fraction of sp³-hybridized carbons (Fsp3) is 0.286. The summed E-state index contributed by atoms with van der Waals surface area (Å²) in [4.78, 5) is 37.6. The number of hydrogen-bond acceptors (Lipinski definition) is 3. The average Bonchev–Trinajstić information content (AvgIpc) is 2.69. The van der Waals surface area contributed by atoms with E-state index in [1.165, 1.54) is 6.07 Å². The Morgan fingerprint density at radius 1 is 1.04 bits per heavy atom. The number of carbonyl (C=O) groups excluding carboxylic acids is 3. The fourth-order valence-corrected chi connectivity index (χ4v) is 3.03. The summed E-state index contributed by atoms with van der Waals surface area (Å²) in [5.74, 6) is -0.969. The van der Waals surface area contributed by atoms with E-state index in [9.17, 15) is 18.8 Å². The number of amides is 3. The van der Waals surface area contributed by atoms with Gasteiger partial charge in [0, 0.05) is 36.3 Å². The molecule has 1 fully saturated rings. The van der Waals surface area contributed by atoms with E-state index in [2.05, 4.69) is 10.6 Å². The first-order valence-corrected chi connectivity index (χ1v) is 9.22. The number of piperidine rings is 1.